The second-order valence-electron chi connectivity index (χ2n) is 6.60. The van der Waals surface area contributed by atoms with E-state index in [9.17, 15) is 9.59 Å². The first-order valence-corrected chi connectivity index (χ1v) is 9.47. The van der Waals surface area contributed by atoms with Crippen LogP contribution in [0, 0.1) is 0 Å². The largest absolute Gasteiger partial charge is 0.493 e. The Morgan fingerprint density at radius 2 is 1.85 bits per heavy atom. The van der Waals surface area contributed by atoms with E-state index in [0.717, 1.165) is 6.42 Å². The molecule has 7 heteroatoms. The van der Waals surface area contributed by atoms with Gasteiger partial charge in [0.05, 0.1) is 14.2 Å². The lowest BCUT2D eigenvalue weighted by Crippen LogP contribution is -2.45. The summed E-state index contributed by atoms with van der Waals surface area (Å²) in [6, 6.07) is 8.42. The summed E-state index contributed by atoms with van der Waals surface area (Å²) in [4.78, 5) is 25.8. The Balaban J connectivity index is 2.36. The van der Waals surface area contributed by atoms with Crippen LogP contribution in [0.25, 0.3) is 0 Å². The molecule has 0 aliphatic carbocycles. The molecule has 2 rings (SSSR count). The second-order valence-corrected chi connectivity index (χ2v) is 7.55. The molecule has 1 unspecified atom stereocenters. The first-order valence-electron chi connectivity index (χ1n) is 8.59. The molecule has 0 fully saturated rings. The van der Waals surface area contributed by atoms with Crippen LogP contribution in [-0.2, 0) is 9.53 Å². The van der Waals surface area contributed by atoms with Crippen molar-refractivity contribution < 1.29 is 23.8 Å². The minimum absolute atomic E-state index is 0.390. The maximum Gasteiger partial charge on any atom is 0.349 e. The molecule has 1 N–H and O–H groups in total. The number of hydrogen-bond donors (Lipinski definition) is 1. The lowest BCUT2D eigenvalue weighted by molar-refractivity contribution is -0.132. The smallest absolute Gasteiger partial charge is 0.349 e. The molecule has 0 spiro atoms. The van der Waals surface area contributed by atoms with Gasteiger partial charge < -0.3 is 19.5 Å². The summed E-state index contributed by atoms with van der Waals surface area (Å²) < 4.78 is 16.1. The van der Waals surface area contributed by atoms with Crippen LogP contribution in [0.1, 0.15) is 48.5 Å². The summed E-state index contributed by atoms with van der Waals surface area (Å²) in [6.07, 6.45) is -0.374. The molecule has 0 saturated carbocycles. The van der Waals surface area contributed by atoms with Gasteiger partial charge in [0.2, 0.25) is 6.10 Å². The maximum absolute atomic E-state index is 12.9. The molecule has 0 aliphatic rings. The van der Waals surface area contributed by atoms with E-state index in [2.05, 4.69) is 5.32 Å². The van der Waals surface area contributed by atoms with Gasteiger partial charge in [0, 0.05) is 11.1 Å². The first kappa shape index (κ1) is 20.8. The maximum atomic E-state index is 12.9. The third-order valence-corrected chi connectivity index (χ3v) is 5.09. The van der Waals surface area contributed by atoms with Crippen LogP contribution >= 0.6 is 11.3 Å². The molecule has 1 aromatic heterocycles. The predicted octanol–water partition coefficient (Wildman–Crippen LogP) is 3.97. The third-order valence-electron chi connectivity index (χ3n) is 4.24. The standard InChI is InChI=1S/C20H25NO5S/c1-6-20(2,3)21-18(22)17(26-19(23)16-8-7-11-27-16)13-9-10-14(24-4)15(12-13)25-5/h7-12,17H,6H2,1-5H3,(H,21,22). The van der Waals surface area contributed by atoms with Crippen LogP contribution in [0.4, 0.5) is 0 Å². The fourth-order valence-electron chi connectivity index (χ4n) is 2.34. The zero-order chi connectivity index (χ0) is 20.0. The zero-order valence-electron chi connectivity index (χ0n) is 16.2. The molecule has 146 valence electrons. The van der Waals surface area contributed by atoms with Gasteiger partial charge in [-0.25, -0.2) is 4.79 Å². The van der Waals surface area contributed by atoms with E-state index in [1.165, 1.54) is 25.6 Å². The number of nitrogens with one attached hydrogen (secondary N) is 1. The minimum Gasteiger partial charge on any atom is -0.493 e. The van der Waals surface area contributed by atoms with Gasteiger partial charge in [-0.15, -0.1) is 11.3 Å². The van der Waals surface area contributed by atoms with Crippen molar-refractivity contribution in [1.82, 2.24) is 5.32 Å². The van der Waals surface area contributed by atoms with Crippen LogP contribution in [0.3, 0.4) is 0 Å². The molecule has 6 nitrogen and oxygen atoms in total. The number of hydrogen-bond acceptors (Lipinski definition) is 6. The summed E-state index contributed by atoms with van der Waals surface area (Å²) in [7, 11) is 3.04. The lowest BCUT2D eigenvalue weighted by atomic mass is 10.0. The van der Waals surface area contributed by atoms with E-state index in [1.807, 2.05) is 20.8 Å². The SMILES string of the molecule is CCC(C)(C)NC(=O)C(OC(=O)c1cccs1)c1ccc(OC)c(OC)c1. The number of benzene rings is 1. The van der Waals surface area contributed by atoms with Crippen molar-refractivity contribution in [2.45, 2.75) is 38.8 Å². The number of carbonyl (C=O) groups is 2. The molecule has 2 aromatic rings. The van der Waals surface area contributed by atoms with E-state index in [0.29, 0.717) is 21.9 Å². The van der Waals surface area contributed by atoms with Crippen molar-refractivity contribution in [3.63, 3.8) is 0 Å². The Labute approximate surface area is 163 Å². The summed E-state index contributed by atoms with van der Waals surface area (Å²) in [5.41, 5.74) is 0.0725. The number of thiophene rings is 1. The average molecular weight is 391 g/mol. The Morgan fingerprint density at radius 1 is 1.15 bits per heavy atom. The van der Waals surface area contributed by atoms with E-state index < -0.39 is 17.6 Å². The van der Waals surface area contributed by atoms with Crippen LogP contribution in [-0.4, -0.2) is 31.6 Å². The van der Waals surface area contributed by atoms with Gasteiger partial charge in [-0.1, -0.05) is 19.1 Å². The fourth-order valence-corrected chi connectivity index (χ4v) is 2.94. The van der Waals surface area contributed by atoms with Crippen molar-refractivity contribution in [2.24, 2.45) is 0 Å². The Morgan fingerprint density at radius 3 is 2.41 bits per heavy atom. The van der Waals surface area contributed by atoms with Gasteiger partial charge in [-0.05, 0) is 43.8 Å². The summed E-state index contributed by atoms with van der Waals surface area (Å²) >= 11 is 1.26. The molecular weight excluding hydrogens is 366 g/mol. The summed E-state index contributed by atoms with van der Waals surface area (Å²) in [5, 5.41) is 4.72. The Kier molecular flexibility index (Phi) is 6.85. The van der Waals surface area contributed by atoms with Gasteiger partial charge in [-0.3, -0.25) is 4.79 Å². The number of rotatable bonds is 8. The number of esters is 1. The first-order chi connectivity index (χ1) is 12.8. The molecular formula is C20H25NO5S. The highest BCUT2D eigenvalue weighted by atomic mass is 32.1. The lowest BCUT2D eigenvalue weighted by Gasteiger charge is -2.27. The number of ether oxygens (including phenoxy) is 3. The van der Waals surface area contributed by atoms with E-state index in [1.54, 1.807) is 35.7 Å². The highest BCUT2D eigenvalue weighted by Crippen LogP contribution is 2.32. The van der Waals surface area contributed by atoms with Gasteiger partial charge >= 0.3 is 5.97 Å². The minimum atomic E-state index is -1.11. The quantitative estimate of drug-likeness (QED) is 0.689. The van der Waals surface area contributed by atoms with E-state index in [4.69, 9.17) is 14.2 Å². The fraction of sp³-hybridized carbons (Fsp3) is 0.400. The van der Waals surface area contributed by atoms with Crippen molar-refractivity contribution in [3.05, 3.63) is 46.2 Å². The molecule has 0 aliphatic heterocycles. The van der Waals surface area contributed by atoms with Crippen LogP contribution in [0.2, 0.25) is 0 Å². The summed E-state index contributed by atoms with van der Waals surface area (Å²) in [5.74, 6) is 0.0434. The zero-order valence-corrected chi connectivity index (χ0v) is 17.0. The molecule has 1 aromatic carbocycles. The van der Waals surface area contributed by atoms with Crippen LogP contribution in [0.15, 0.2) is 35.7 Å². The third kappa shape index (κ3) is 5.23. The van der Waals surface area contributed by atoms with Crippen molar-refractivity contribution in [1.29, 1.82) is 0 Å². The normalized spacial score (nSPS) is 12.2. The highest BCUT2D eigenvalue weighted by Gasteiger charge is 2.30. The van der Waals surface area contributed by atoms with Crippen molar-refractivity contribution in [2.75, 3.05) is 14.2 Å². The number of methoxy groups -OCH3 is 2. The molecule has 0 bridgehead atoms. The van der Waals surface area contributed by atoms with E-state index in [-0.39, 0.29) is 5.91 Å². The number of carbonyl (C=O) groups excluding carboxylic acids is 2. The monoisotopic (exact) mass is 391 g/mol. The van der Waals surface area contributed by atoms with Gasteiger partial charge in [0.25, 0.3) is 5.91 Å². The predicted molar refractivity (Wildman–Crippen MR) is 105 cm³/mol. The second kappa shape index (κ2) is 8.90. The molecule has 1 atom stereocenters. The average Bonchev–Trinajstić information content (AvgIpc) is 3.19. The van der Waals surface area contributed by atoms with Crippen molar-refractivity contribution >= 4 is 23.2 Å². The van der Waals surface area contributed by atoms with E-state index >= 15 is 0 Å². The van der Waals surface area contributed by atoms with Gasteiger partial charge in [-0.2, -0.15) is 0 Å². The van der Waals surface area contributed by atoms with Crippen LogP contribution < -0.4 is 14.8 Å². The Bertz CT molecular complexity index is 786. The van der Waals surface area contributed by atoms with Crippen LogP contribution in [0.5, 0.6) is 11.5 Å². The molecule has 27 heavy (non-hydrogen) atoms. The molecule has 1 amide bonds. The highest BCUT2D eigenvalue weighted by molar-refractivity contribution is 7.11. The molecule has 0 radical (unpaired) electrons. The Hall–Kier alpha value is -2.54. The van der Waals surface area contributed by atoms with Crippen molar-refractivity contribution in [3.8, 4) is 11.5 Å². The summed E-state index contributed by atoms with van der Waals surface area (Å²) in [6.45, 7) is 5.80. The molecule has 0 saturated heterocycles. The van der Waals surface area contributed by atoms with Gasteiger partial charge in [0.15, 0.2) is 11.5 Å². The van der Waals surface area contributed by atoms with Gasteiger partial charge in [0.1, 0.15) is 4.88 Å². The number of amides is 1. The molecule has 1 heterocycles. The topological polar surface area (TPSA) is 73.9 Å².